The molecule has 2 nitrogen and oxygen atoms in total. The maximum Gasteiger partial charge on any atom is 0.122 e. The van der Waals surface area contributed by atoms with E-state index in [0.29, 0.717) is 5.57 Å². The third-order valence-electron chi connectivity index (χ3n) is 1.33. The number of hydrogen-bond donors (Lipinski definition) is 1. The van der Waals surface area contributed by atoms with Gasteiger partial charge in [-0.1, -0.05) is 51.3 Å². The summed E-state index contributed by atoms with van der Waals surface area (Å²) in [6.07, 6.45) is 4.54. The Kier molecular flexibility index (Phi) is 2.94. The molecule has 0 bridgehead atoms. The Morgan fingerprint density at radius 2 is 2.27 bits per heavy atom. The van der Waals surface area contributed by atoms with Crippen molar-refractivity contribution >= 4 is 45.2 Å². The Hall–Kier alpha value is 0.390. The van der Waals surface area contributed by atoms with Gasteiger partial charge in [-0.2, -0.15) is 5.26 Å². The molecule has 0 aromatic heterocycles. The number of aliphatic hydroxyl groups excluding tert-OH is 1. The summed E-state index contributed by atoms with van der Waals surface area (Å²) in [6, 6.07) is 2.03. The lowest BCUT2D eigenvalue weighted by Gasteiger charge is -2.23. The average Bonchev–Trinajstić information content (AvgIpc) is 1.95. The van der Waals surface area contributed by atoms with E-state index in [4.69, 9.17) is 5.26 Å². The maximum atomic E-state index is 9.39. The van der Waals surface area contributed by atoms with E-state index in [2.05, 4.69) is 45.2 Å². The number of allylic oxidation sites excluding steroid dienone is 2. The molecular formula is C7H5I2NO. The summed E-state index contributed by atoms with van der Waals surface area (Å²) in [4.78, 5) is 0. The van der Waals surface area contributed by atoms with Gasteiger partial charge in [-0.3, -0.25) is 0 Å². The molecule has 1 atom stereocenters. The Balaban J connectivity index is 2.96. The molecule has 0 fully saturated rings. The number of halogens is 2. The Morgan fingerprint density at radius 3 is 2.73 bits per heavy atom. The van der Waals surface area contributed by atoms with Crippen molar-refractivity contribution in [3.8, 4) is 6.07 Å². The van der Waals surface area contributed by atoms with Crippen LogP contribution in [-0.2, 0) is 0 Å². The normalized spacial score (nSPS) is 27.5. The van der Waals surface area contributed by atoms with E-state index < -0.39 is 6.10 Å². The van der Waals surface area contributed by atoms with Gasteiger partial charge in [0.25, 0.3) is 0 Å². The summed E-state index contributed by atoms with van der Waals surface area (Å²) in [6.45, 7) is 0. The van der Waals surface area contributed by atoms with Crippen molar-refractivity contribution in [1.29, 1.82) is 5.26 Å². The van der Waals surface area contributed by atoms with Gasteiger partial charge in [-0.05, 0) is 12.2 Å². The van der Waals surface area contributed by atoms with E-state index in [-0.39, 0.29) is 1.43 Å². The summed E-state index contributed by atoms with van der Waals surface area (Å²) in [5.74, 6) is 0. The number of nitriles is 1. The van der Waals surface area contributed by atoms with E-state index in [1.165, 1.54) is 0 Å². The highest BCUT2D eigenvalue weighted by Crippen LogP contribution is 2.37. The van der Waals surface area contributed by atoms with Gasteiger partial charge < -0.3 is 5.11 Å². The molecular weight excluding hydrogens is 368 g/mol. The summed E-state index contributed by atoms with van der Waals surface area (Å²) in [5, 5.41) is 17.9. The molecule has 1 aliphatic carbocycles. The fourth-order valence-corrected chi connectivity index (χ4v) is 1.82. The molecule has 1 N–H and O–H groups in total. The minimum absolute atomic E-state index is 0.366. The largest absolute Gasteiger partial charge is 0.386 e. The predicted octanol–water partition coefficient (Wildman–Crippen LogP) is 1.93. The molecule has 0 heterocycles. The summed E-state index contributed by atoms with van der Waals surface area (Å²) >= 11 is 4.23. The van der Waals surface area contributed by atoms with E-state index in [1.54, 1.807) is 18.2 Å². The fourth-order valence-electron chi connectivity index (χ4n) is 0.733. The zero-order chi connectivity index (χ0) is 8.48. The lowest BCUT2D eigenvalue weighted by molar-refractivity contribution is 0.230. The van der Waals surface area contributed by atoms with Crippen LogP contribution in [0.4, 0.5) is 0 Å². The molecule has 1 rings (SSSR count). The fraction of sp³-hybridized carbons (Fsp3) is 0.286. The van der Waals surface area contributed by atoms with Crippen molar-refractivity contribution in [3.63, 3.8) is 0 Å². The number of nitrogens with zero attached hydrogens (tertiary/aromatic N) is 1. The lowest BCUT2D eigenvalue weighted by Crippen LogP contribution is -2.27. The highest BCUT2D eigenvalue weighted by atomic mass is 127. The van der Waals surface area contributed by atoms with Crippen LogP contribution >= 0.6 is 45.2 Å². The molecule has 0 amide bonds. The van der Waals surface area contributed by atoms with Crippen molar-refractivity contribution in [2.75, 3.05) is 0 Å². The second-order valence-electron chi connectivity index (χ2n) is 2.19. The SMILES string of the molecule is N#CC1=CC(I)(I)C(O)C=C1. The lowest BCUT2D eigenvalue weighted by atomic mass is 10.1. The maximum absolute atomic E-state index is 9.39. The number of hydrogen-bond acceptors (Lipinski definition) is 2. The van der Waals surface area contributed by atoms with Crippen LogP contribution in [0.1, 0.15) is 0 Å². The van der Waals surface area contributed by atoms with Gasteiger partial charge in [0.15, 0.2) is 0 Å². The Morgan fingerprint density at radius 1 is 1.64 bits per heavy atom. The topological polar surface area (TPSA) is 44.0 Å². The number of alkyl halides is 2. The van der Waals surface area contributed by atoms with Crippen LogP contribution in [0, 0.1) is 11.3 Å². The first-order valence-corrected chi connectivity index (χ1v) is 5.09. The first-order valence-electron chi connectivity index (χ1n) is 2.93. The summed E-state index contributed by atoms with van der Waals surface area (Å²) < 4.78 is -0.366. The molecule has 58 valence electrons. The quantitative estimate of drug-likeness (QED) is 0.521. The van der Waals surface area contributed by atoms with E-state index >= 15 is 0 Å². The second-order valence-corrected chi connectivity index (χ2v) is 7.82. The molecule has 0 spiro atoms. The molecule has 4 heteroatoms. The smallest absolute Gasteiger partial charge is 0.122 e. The zero-order valence-corrected chi connectivity index (χ0v) is 9.77. The van der Waals surface area contributed by atoms with Gasteiger partial charge in [-0.25, -0.2) is 0 Å². The number of aliphatic hydroxyl groups is 1. The zero-order valence-electron chi connectivity index (χ0n) is 5.46. The van der Waals surface area contributed by atoms with Crippen molar-refractivity contribution in [2.45, 2.75) is 7.53 Å². The highest BCUT2D eigenvalue weighted by Gasteiger charge is 2.30. The first kappa shape index (κ1) is 9.48. The van der Waals surface area contributed by atoms with Gasteiger partial charge in [-0.15, -0.1) is 0 Å². The van der Waals surface area contributed by atoms with E-state index in [9.17, 15) is 5.11 Å². The standard InChI is InChI=1S/C7H5I2NO/c8-7(9)3-5(4-10)1-2-6(7)11/h1-3,6,11H. The number of rotatable bonds is 0. The third-order valence-corrected chi connectivity index (χ3v) is 3.23. The molecule has 0 aliphatic heterocycles. The van der Waals surface area contributed by atoms with Crippen LogP contribution < -0.4 is 0 Å². The van der Waals surface area contributed by atoms with Crippen molar-refractivity contribution in [2.24, 2.45) is 0 Å². The Labute approximate surface area is 92.3 Å². The minimum atomic E-state index is -0.499. The van der Waals surface area contributed by atoms with E-state index in [0.717, 1.165) is 0 Å². The van der Waals surface area contributed by atoms with Gasteiger partial charge in [0.05, 0.1) is 12.2 Å². The second kappa shape index (κ2) is 3.41. The molecule has 0 aromatic carbocycles. The van der Waals surface area contributed by atoms with Crippen molar-refractivity contribution in [1.82, 2.24) is 0 Å². The molecule has 0 saturated heterocycles. The van der Waals surface area contributed by atoms with Crippen molar-refractivity contribution < 1.29 is 5.11 Å². The van der Waals surface area contributed by atoms with Gasteiger partial charge in [0, 0.05) is 5.57 Å². The Bertz CT molecular complexity index is 262. The molecule has 0 aromatic rings. The van der Waals surface area contributed by atoms with Gasteiger partial charge >= 0.3 is 0 Å². The van der Waals surface area contributed by atoms with E-state index in [1.807, 2.05) is 6.07 Å². The molecule has 1 aliphatic rings. The van der Waals surface area contributed by atoms with Crippen LogP contribution in [0.3, 0.4) is 0 Å². The van der Waals surface area contributed by atoms with Crippen LogP contribution in [0.25, 0.3) is 0 Å². The minimum Gasteiger partial charge on any atom is -0.386 e. The predicted molar refractivity (Wildman–Crippen MR) is 59.6 cm³/mol. The summed E-state index contributed by atoms with van der Waals surface area (Å²) in [7, 11) is 0. The summed E-state index contributed by atoms with van der Waals surface area (Å²) in [5.41, 5.74) is 0.610. The van der Waals surface area contributed by atoms with Crippen LogP contribution in [0.5, 0.6) is 0 Å². The molecule has 1 unspecified atom stereocenters. The highest BCUT2D eigenvalue weighted by molar-refractivity contribution is 14.2. The molecule has 11 heavy (non-hydrogen) atoms. The van der Waals surface area contributed by atoms with Crippen LogP contribution in [0.15, 0.2) is 23.8 Å². The van der Waals surface area contributed by atoms with Crippen LogP contribution in [0.2, 0.25) is 0 Å². The van der Waals surface area contributed by atoms with Gasteiger partial charge in [0.1, 0.15) is 1.43 Å². The monoisotopic (exact) mass is 373 g/mol. The first-order chi connectivity index (χ1) is 5.06. The van der Waals surface area contributed by atoms with Gasteiger partial charge in [0.2, 0.25) is 0 Å². The van der Waals surface area contributed by atoms with Crippen molar-refractivity contribution in [3.05, 3.63) is 23.8 Å². The third kappa shape index (κ3) is 2.16. The molecule has 0 saturated carbocycles. The average molecular weight is 373 g/mol. The van der Waals surface area contributed by atoms with Crippen LogP contribution in [-0.4, -0.2) is 12.6 Å². The molecule has 0 radical (unpaired) electrons.